The molecule has 1 atom stereocenters. The average Bonchev–Trinajstić information content (AvgIpc) is 3.41. The number of hydrogen-bond donors (Lipinski definition) is 3. The molecule has 0 spiro atoms. The fraction of sp³-hybridized carbons (Fsp3) is 0.125. The van der Waals surface area contributed by atoms with Crippen LogP contribution in [0.3, 0.4) is 0 Å². The van der Waals surface area contributed by atoms with E-state index >= 15 is 0 Å². The molecule has 0 aliphatic carbocycles. The Morgan fingerprint density at radius 3 is 2.49 bits per heavy atom. The number of oxazole rings is 1. The van der Waals surface area contributed by atoms with Gasteiger partial charge in [-0.15, -0.1) is 0 Å². The lowest BCUT2D eigenvalue weighted by Crippen LogP contribution is -2.37. The fourth-order valence-electron chi connectivity index (χ4n) is 4.87. The largest absolute Gasteiger partial charge is 0.433 e. The molecule has 1 aliphatic heterocycles. The zero-order valence-electron chi connectivity index (χ0n) is 24.4. The molecule has 3 aromatic heterocycles. The van der Waals surface area contributed by atoms with Crippen LogP contribution in [0.4, 0.5) is 29.4 Å². The fourth-order valence-corrected chi connectivity index (χ4v) is 5.16. The lowest BCUT2D eigenvalue weighted by Gasteiger charge is -2.27. The van der Waals surface area contributed by atoms with Gasteiger partial charge >= 0.3 is 12.2 Å². The number of anilines is 2. The maximum Gasteiger partial charge on any atom is 0.433 e. The summed E-state index contributed by atoms with van der Waals surface area (Å²) >= 11 is 6.75. The topological polar surface area (TPSA) is 134 Å². The molecule has 3 N–H and O–H groups in total. The van der Waals surface area contributed by atoms with Gasteiger partial charge in [0.05, 0.1) is 5.57 Å². The molecule has 2 aromatic carbocycles. The van der Waals surface area contributed by atoms with Crippen molar-refractivity contribution in [1.29, 1.82) is 0 Å². The van der Waals surface area contributed by atoms with E-state index in [2.05, 4.69) is 35.9 Å². The van der Waals surface area contributed by atoms with E-state index in [-0.39, 0.29) is 39.8 Å². The number of nitrogens with zero attached hydrogens (tertiary/aromatic N) is 4. The second kappa shape index (κ2) is 12.3. The molecule has 0 fully saturated rings. The quantitative estimate of drug-likeness (QED) is 0.127. The van der Waals surface area contributed by atoms with Gasteiger partial charge in [-0.1, -0.05) is 29.8 Å². The van der Waals surface area contributed by atoms with E-state index in [1.54, 1.807) is 19.1 Å². The van der Waals surface area contributed by atoms with E-state index in [0.717, 1.165) is 12.3 Å². The Hall–Kier alpha value is -5.63. The van der Waals surface area contributed by atoms with Gasteiger partial charge in [-0.05, 0) is 55.8 Å². The molecule has 0 saturated heterocycles. The Morgan fingerprint density at radius 1 is 1.00 bits per heavy atom. The Kier molecular flexibility index (Phi) is 8.20. The zero-order chi connectivity index (χ0) is 33.5. The van der Waals surface area contributed by atoms with Crippen molar-refractivity contribution in [1.82, 2.24) is 20.3 Å². The van der Waals surface area contributed by atoms with Crippen LogP contribution in [0.5, 0.6) is 0 Å². The van der Waals surface area contributed by atoms with E-state index in [9.17, 15) is 27.2 Å². The molecule has 1 amide bonds. The Labute approximate surface area is 268 Å². The SMILES string of the molecule is CC(=O)c1ccnc(NC(=O)C2=C(C)NC(Nc3nc4ccc(F)cc4o3)=NC2c2ccc(-c3ccc(C(F)(F)F)nc3)cc2Cl)c1. The molecule has 4 heterocycles. The normalized spacial score (nSPS) is 14.9. The number of halogens is 5. The third kappa shape index (κ3) is 6.67. The maximum absolute atomic E-state index is 13.7. The number of benzene rings is 2. The number of fused-ring (bicyclic) bond motifs is 1. The number of pyridine rings is 2. The number of carbonyl (C=O) groups is 2. The van der Waals surface area contributed by atoms with Crippen LogP contribution in [0.15, 0.2) is 93.7 Å². The molecule has 1 unspecified atom stereocenters. The van der Waals surface area contributed by atoms with Gasteiger partial charge in [0.25, 0.3) is 5.91 Å². The minimum atomic E-state index is -4.59. The van der Waals surface area contributed by atoms with Gasteiger partial charge in [0.1, 0.15) is 28.9 Å². The van der Waals surface area contributed by atoms with Gasteiger partial charge in [-0.25, -0.2) is 14.4 Å². The summed E-state index contributed by atoms with van der Waals surface area (Å²) < 4.78 is 58.4. The van der Waals surface area contributed by atoms with Crippen molar-refractivity contribution < 1.29 is 31.6 Å². The van der Waals surface area contributed by atoms with Gasteiger partial charge in [-0.3, -0.25) is 19.9 Å². The number of rotatable bonds is 6. The number of aliphatic imine (C=N–C) groups is 1. The van der Waals surface area contributed by atoms with Crippen LogP contribution in [0.1, 0.15) is 41.5 Å². The van der Waals surface area contributed by atoms with Crippen molar-refractivity contribution in [2.75, 3.05) is 10.6 Å². The molecule has 0 saturated carbocycles. The summed E-state index contributed by atoms with van der Waals surface area (Å²) in [5.74, 6) is -1.06. The van der Waals surface area contributed by atoms with Crippen LogP contribution in [-0.4, -0.2) is 32.6 Å². The summed E-state index contributed by atoms with van der Waals surface area (Å²) in [5.41, 5.74) is 1.66. The molecule has 0 radical (unpaired) electrons. The smallest absolute Gasteiger partial charge is 0.423 e. The first-order valence-corrected chi connectivity index (χ1v) is 14.2. The molecular formula is C32H22ClF4N7O3. The second-order valence-electron chi connectivity index (χ2n) is 10.4. The number of carbonyl (C=O) groups excluding carboxylic acids is 2. The standard InChI is InChI=1S/C32H22ClF4N7O3/c1-15-27(29(46)42-26-12-17(16(2)45)9-10-38-26)28(43-30(40-15)44-31-41-23-7-5-20(34)13-24(23)47-31)21-6-3-18(11-22(21)33)19-4-8-25(39-14-19)32(35,36)37/h3-14,28H,1-2H3,(H,38,42,46)(H2,40,41,43,44). The lowest BCUT2D eigenvalue weighted by molar-refractivity contribution is -0.141. The van der Waals surface area contributed by atoms with Crippen molar-refractivity contribution in [2.45, 2.75) is 26.1 Å². The van der Waals surface area contributed by atoms with Gasteiger partial charge < -0.3 is 15.1 Å². The Balaban J connectivity index is 1.36. The predicted molar refractivity (Wildman–Crippen MR) is 166 cm³/mol. The Bertz CT molecular complexity index is 2110. The minimum Gasteiger partial charge on any atom is -0.423 e. The van der Waals surface area contributed by atoms with Crippen LogP contribution >= 0.6 is 11.6 Å². The first-order valence-electron chi connectivity index (χ1n) is 13.9. The number of ketones is 1. The predicted octanol–water partition coefficient (Wildman–Crippen LogP) is 7.32. The van der Waals surface area contributed by atoms with E-state index < -0.39 is 29.6 Å². The third-order valence-corrected chi connectivity index (χ3v) is 7.48. The summed E-state index contributed by atoms with van der Waals surface area (Å²) in [7, 11) is 0. The summed E-state index contributed by atoms with van der Waals surface area (Å²) in [6, 6.07) is 12.7. The van der Waals surface area contributed by atoms with Crippen molar-refractivity contribution in [2.24, 2.45) is 4.99 Å². The van der Waals surface area contributed by atoms with E-state index in [0.29, 0.717) is 33.5 Å². The summed E-state index contributed by atoms with van der Waals surface area (Å²) in [6.45, 7) is 3.02. The van der Waals surface area contributed by atoms with Gasteiger partial charge in [-0.2, -0.15) is 18.2 Å². The number of amides is 1. The maximum atomic E-state index is 13.7. The summed E-state index contributed by atoms with van der Waals surface area (Å²) in [6.07, 6.45) is -2.10. The highest BCUT2D eigenvalue weighted by Crippen LogP contribution is 2.38. The van der Waals surface area contributed by atoms with Crippen LogP contribution in [-0.2, 0) is 11.0 Å². The molecule has 15 heteroatoms. The van der Waals surface area contributed by atoms with E-state index in [1.807, 2.05) is 0 Å². The van der Waals surface area contributed by atoms with Crippen LogP contribution in [0.25, 0.3) is 22.2 Å². The monoisotopic (exact) mass is 663 g/mol. The zero-order valence-corrected chi connectivity index (χ0v) is 25.2. The number of guanidine groups is 1. The molecular weight excluding hydrogens is 642 g/mol. The van der Waals surface area contributed by atoms with Crippen molar-refractivity contribution in [3.8, 4) is 11.1 Å². The van der Waals surface area contributed by atoms with Crippen LogP contribution < -0.4 is 16.0 Å². The molecule has 1 aliphatic rings. The minimum absolute atomic E-state index is 0.00204. The first kappa shape index (κ1) is 31.4. The number of nitrogens with one attached hydrogen (secondary N) is 3. The number of aromatic nitrogens is 3. The summed E-state index contributed by atoms with van der Waals surface area (Å²) in [4.78, 5) is 42.2. The average molecular weight is 664 g/mol. The molecule has 5 aromatic rings. The Morgan fingerprint density at radius 2 is 1.79 bits per heavy atom. The molecule has 238 valence electrons. The molecule has 10 nitrogen and oxygen atoms in total. The molecule has 47 heavy (non-hydrogen) atoms. The highest BCUT2D eigenvalue weighted by molar-refractivity contribution is 6.32. The van der Waals surface area contributed by atoms with Crippen LogP contribution in [0, 0.1) is 5.82 Å². The summed E-state index contributed by atoms with van der Waals surface area (Å²) in [5, 5.41) is 8.77. The molecule has 6 rings (SSSR count). The first-order chi connectivity index (χ1) is 22.4. The van der Waals surface area contributed by atoms with Crippen molar-refractivity contribution in [3.05, 3.63) is 112 Å². The highest BCUT2D eigenvalue weighted by Gasteiger charge is 2.33. The van der Waals surface area contributed by atoms with Gasteiger partial charge in [0.2, 0.25) is 5.96 Å². The van der Waals surface area contributed by atoms with Crippen molar-refractivity contribution in [3.63, 3.8) is 0 Å². The van der Waals surface area contributed by atoms with Crippen molar-refractivity contribution >= 4 is 52.2 Å². The van der Waals surface area contributed by atoms with E-state index in [1.165, 1.54) is 55.6 Å². The second-order valence-corrected chi connectivity index (χ2v) is 10.8. The third-order valence-electron chi connectivity index (χ3n) is 7.15. The number of allylic oxidation sites excluding steroid dienone is 1. The van der Waals surface area contributed by atoms with E-state index in [4.69, 9.17) is 16.0 Å². The van der Waals surface area contributed by atoms with Gasteiger partial charge in [0.15, 0.2) is 11.4 Å². The number of Topliss-reactive ketones (excluding diaryl/α,β-unsaturated/α-hetero) is 1. The van der Waals surface area contributed by atoms with Gasteiger partial charge in [0, 0.05) is 45.9 Å². The number of hydrogen-bond acceptors (Lipinski definition) is 9. The number of alkyl halides is 3. The lowest BCUT2D eigenvalue weighted by atomic mass is 9.94. The molecule has 0 bridgehead atoms. The van der Waals surface area contributed by atoms with Crippen LogP contribution in [0.2, 0.25) is 5.02 Å². The highest BCUT2D eigenvalue weighted by atomic mass is 35.5.